The van der Waals surface area contributed by atoms with Crippen molar-refractivity contribution >= 4 is 40.6 Å². The molecule has 0 aliphatic heterocycles. The molecule has 0 radical (unpaired) electrons. The number of hydrazone groups is 1. The summed E-state index contributed by atoms with van der Waals surface area (Å²) >= 11 is 5.89. The lowest BCUT2D eigenvalue weighted by molar-refractivity contribution is -0.123. The normalized spacial score (nSPS) is 10.8. The van der Waals surface area contributed by atoms with Gasteiger partial charge in [-0.05, 0) is 60.2 Å². The Balaban J connectivity index is 1.27. The molecule has 1 amide bonds. The van der Waals surface area contributed by atoms with Crippen molar-refractivity contribution in [2.45, 2.75) is 0 Å². The van der Waals surface area contributed by atoms with Crippen LogP contribution in [0.3, 0.4) is 0 Å². The molecule has 7 nitrogen and oxygen atoms in total. The molecule has 0 saturated carbocycles. The van der Waals surface area contributed by atoms with E-state index in [1.165, 1.54) is 12.3 Å². The number of carbonyl (C=O) groups is 2. The first-order valence-electron chi connectivity index (χ1n) is 9.95. The summed E-state index contributed by atoms with van der Waals surface area (Å²) in [4.78, 5) is 28.5. The zero-order valence-corrected chi connectivity index (χ0v) is 18.0. The van der Waals surface area contributed by atoms with Crippen LogP contribution in [0.1, 0.15) is 15.9 Å². The van der Waals surface area contributed by atoms with E-state index in [2.05, 4.69) is 15.5 Å². The quantitative estimate of drug-likeness (QED) is 0.188. The second-order valence-corrected chi connectivity index (χ2v) is 7.32. The number of esters is 1. The third kappa shape index (κ3) is 5.93. The SMILES string of the molecule is O=C(COc1cccc2cccnc12)N/N=C\c1ccc(OC(=O)c2cccc(Cl)c2)cc1. The van der Waals surface area contributed by atoms with Gasteiger partial charge in [0.15, 0.2) is 6.61 Å². The van der Waals surface area contributed by atoms with Crippen LogP contribution < -0.4 is 14.9 Å². The van der Waals surface area contributed by atoms with E-state index >= 15 is 0 Å². The molecule has 33 heavy (non-hydrogen) atoms. The second-order valence-electron chi connectivity index (χ2n) is 6.88. The summed E-state index contributed by atoms with van der Waals surface area (Å²) in [5.41, 5.74) is 4.16. The zero-order valence-electron chi connectivity index (χ0n) is 17.3. The van der Waals surface area contributed by atoms with Crippen molar-refractivity contribution in [3.8, 4) is 11.5 Å². The van der Waals surface area contributed by atoms with Crippen LogP contribution in [0.4, 0.5) is 0 Å². The molecule has 1 N–H and O–H groups in total. The van der Waals surface area contributed by atoms with Crippen LogP contribution in [0.2, 0.25) is 5.02 Å². The average molecular weight is 460 g/mol. The summed E-state index contributed by atoms with van der Waals surface area (Å²) in [6.07, 6.45) is 3.14. The molecule has 1 heterocycles. The van der Waals surface area contributed by atoms with Crippen LogP contribution in [-0.2, 0) is 4.79 Å². The van der Waals surface area contributed by atoms with Crippen molar-refractivity contribution in [1.82, 2.24) is 10.4 Å². The predicted octanol–water partition coefficient (Wildman–Crippen LogP) is 4.64. The number of benzene rings is 3. The zero-order chi connectivity index (χ0) is 23.0. The summed E-state index contributed by atoms with van der Waals surface area (Å²) < 4.78 is 10.9. The molecular weight excluding hydrogens is 442 g/mol. The molecule has 164 valence electrons. The number of pyridine rings is 1. The summed E-state index contributed by atoms with van der Waals surface area (Å²) in [6, 6.07) is 22.4. The summed E-state index contributed by atoms with van der Waals surface area (Å²) in [7, 11) is 0. The van der Waals surface area contributed by atoms with Crippen LogP contribution in [0.5, 0.6) is 11.5 Å². The molecule has 0 aliphatic carbocycles. The van der Waals surface area contributed by atoms with E-state index in [0.717, 1.165) is 5.39 Å². The van der Waals surface area contributed by atoms with E-state index in [-0.39, 0.29) is 6.61 Å². The van der Waals surface area contributed by atoms with Crippen molar-refractivity contribution in [3.05, 3.63) is 101 Å². The first kappa shape index (κ1) is 22.0. The number of carbonyl (C=O) groups excluding carboxylic acids is 2. The Labute approximate surface area is 194 Å². The van der Waals surface area contributed by atoms with E-state index in [4.69, 9.17) is 21.1 Å². The Morgan fingerprint density at radius 2 is 1.79 bits per heavy atom. The number of halogens is 1. The van der Waals surface area contributed by atoms with E-state index in [0.29, 0.717) is 33.2 Å². The topological polar surface area (TPSA) is 89.9 Å². The Morgan fingerprint density at radius 3 is 2.61 bits per heavy atom. The fourth-order valence-corrected chi connectivity index (χ4v) is 3.14. The van der Waals surface area contributed by atoms with Gasteiger partial charge in [0.1, 0.15) is 17.0 Å². The van der Waals surface area contributed by atoms with Gasteiger partial charge < -0.3 is 9.47 Å². The minimum absolute atomic E-state index is 0.203. The molecule has 3 aromatic carbocycles. The van der Waals surface area contributed by atoms with Gasteiger partial charge in [-0.3, -0.25) is 9.78 Å². The van der Waals surface area contributed by atoms with Gasteiger partial charge in [0.05, 0.1) is 11.8 Å². The van der Waals surface area contributed by atoms with E-state index < -0.39 is 11.9 Å². The summed E-state index contributed by atoms with van der Waals surface area (Å²) in [6.45, 7) is -0.203. The lowest BCUT2D eigenvalue weighted by atomic mass is 10.2. The fourth-order valence-electron chi connectivity index (χ4n) is 2.95. The van der Waals surface area contributed by atoms with E-state index in [1.807, 2.05) is 24.3 Å². The summed E-state index contributed by atoms with van der Waals surface area (Å²) in [5, 5.41) is 5.30. The second kappa shape index (κ2) is 10.4. The number of fused-ring (bicyclic) bond motifs is 1. The fraction of sp³-hybridized carbons (Fsp3) is 0.0400. The van der Waals surface area contributed by atoms with Crippen LogP contribution >= 0.6 is 11.6 Å². The monoisotopic (exact) mass is 459 g/mol. The number of ether oxygens (including phenoxy) is 2. The van der Waals surface area contributed by atoms with Crippen molar-refractivity contribution in [2.24, 2.45) is 5.10 Å². The van der Waals surface area contributed by atoms with Gasteiger partial charge in [-0.2, -0.15) is 5.10 Å². The Bertz CT molecular complexity index is 1320. The number of para-hydroxylation sites is 1. The maximum atomic E-state index is 12.2. The number of nitrogens with one attached hydrogen (secondary N) is 1. The number of hydrogen-bond acceptors (Lipinski definition) is 6. The standard InChI is InChI=1S/C25H18ClN3O4/c26-20-7-1-5-19(14-20)25(31)33-21-11-9-17(10-12-21)15-28-29-23(30)16-32-22-8-2-4-18-6-3-13-27-24(18)22/h1-15H,16H2,(H,29,30)/b28-15-. The molecule has 0 saturated heterocycles. The van der Waals surface area contributed by atoms with E-state index in [1.54, 1.807) is 54.7 Å². The number of hydrogen-bond donors (Lipinski definition) is 1. The molecule has 0 bridgehead atoms. The third-order valence-electron chi connectivity index (χ3n) is 4.51. The Hall–Kier alpha value is -4.23. The molecule has 0 atom stereocenters. The van der Waals surface area contributed by atoms with Crippen LogP contribution in [0, 0.1) is 0 Å². The van der Waals surface area contributed by atoms with Gasteiger partial charge in [0.2, 0.25) is 0 Å². The Morgan fingerprint density at radius 1 is 1.00 bits per heavy atom. The van der Waals surface area contributed by atoms with E-state index in [9.17, 15) is 9.59 Å². The largest absolute Gasteiger partial charge is 0.481 e. The van der Waals surface area contributed by atoms with Crippen LogP contribution in [0.25, 0.3) is 10.9 Å². The Kier molecular flexibility index (Phi) is 6.92. The van der Waals surface area contributed by atoms with Gasteiger partial charge in [0.25, 0.3) is 5.91 Å². The molecule has 1 aromatic heterocycles. The van der Waals surface area contributed by atoms with Gasteiger partial charge in [-0.25, -0.2) is 10.2 Å². The minimum atomic E-state index is -0.507. The van der Waals surface area contributed by atoms with Gasteiger partial charge >= 0.3 is 5.97 Å². The van der Waals surface area contributed by atoms with Crippen LogP contribution in [-0.4, -0.2) is 29.7 Å². The molecule has 4 aromatic rings. The molecule has 0 aliphatic rings. The molecular formula is C25H18ClN3O4. The van der Waals surface area contributed by atoms with Gasteiger partial charge in [0, 0.05) is 16.6 Å². The van der Waals surface area contributed by atoms with Gasteiger partial charge in [-0.1, -0.05) is 35.9 Å². The van der Waals surface area contributed by atoms with Crippen molar-refractivity contribution in [2.75, 3.05) is 6.61 Å². The molecule has 0 fully saturated rings. The number of aromatic nitrogens is 1. The highest BCUT2D eigenvalue weighted by Crippen LogP contribution is 2.22. The highest BCUT2D eigenvalue weighted by molar-refractivity contribution is 6.30. The number of rotatable bonds is 7. The lowest BCUT2D eigenvalue weighted by Gasteiger charge is -2.07. The maximum absolute atomic E-state index is 12.2. The summed E-state index contributed by atoms with van der Waals surface area (Å²) in [5.74, 6) is -0.0211. The van der Waals surface area contributed by atoms with Crippen molar-refractivity contribution in [1.29, 1.82) is 0 Å². The maximum Gasteiger partial charge on any atom is 0.343 e. The predicted molar refractivity (Wildman–Crippen MR) is 126 cm³/mol. The smallest absolute Gasteiger partial charge is 0.343 e. The third-order valence-corrected chi connectivity index (χ3v) is 4.74. The number of amides is 1. The number of nitrogens with zero attached hydrogens (tertiary/aromatic N) is 2. The highest BCUT2D eigenvalue weighted by Gasteiger charge is 2.09. The lowest BCUT2D eigenvalue weighted by Crippen LogP contribution is -2.24. The minimum Gasteiger partial charge on any atom is -0.481 e. The first-order chi connectivity index (χ1) is 16.1. The molecule has 4 rings (SSSR count). The molecule has 8 heteroatoms. The molecule has 0 spiro atoms. The van der Waals surface area contributed by atoms with Crippen molar-refractivity contribution in [3.63, 3.8) is 0 Å². The molecule has 0 unspecified atom stereocenters. The highest BCUT2D eigenvalue weighted by atomic mass is 35.5. The van der Waals surface area contributed by atoms with Gasteiger partial charge in [-0.15, -0.1) is 0 Å². The first-order valence-corrected chi connectivity index (χ1v) is 10.3. The van der Waals surface area contributed by atoms with Crippen molar-refractivity contribution < 1.29 is 19.1 Å². The van der Waals surface area contributed by atoms with Crippen LogP contribution in [0.15, 0.2) is 90.2 Å². The average Bonchev–Trinajstić information content (AvgIpc) is 2.84.